The molecule has 4 rings (SSSR count). The molecule has 2 heterocycles. The third-order valence-corrected chi connectivity index (χ3v) is 7.29. The second-order valence-corrected chi connectivity index (χ2v) is 9.93. The molecule has 174 valence electrons. The number of piperidine rings is 1. The van der Waals surface area contributed by atoms with Gasteiger partial charge in [-0.2, -0.15) is 9.71 Å². The third-order valence-electron chi connectivity index (χ3n) is 5.73. The molecular weight excluding hydrogens is 447 g/mol. The average molecular weight is 473 g/mol. The van der Waals surface area contributed by atoms with Crippen LogP contribution in [-0.4, -0.2) is 48.5 Å². The Bertz CT molecular complexity index is 1220. The largest absolute Gasteiger partial charge is 0.341 e. The summed E-state index contributed by atoms with van der Waals surface area (Å²) in [5.74, 6) is 0.254. The molecule has 1 aromatic heterocycles. The number of aryl methyl sites for hydroxylation is 1. The van der Waals surface area contributed by atoms with Gasteiger partial charge in [0, 0.05) is 24.6 Å². The number of hydrogen-bond donors (Lipinski definition) is 1. The molecule has 0 radical (unpaired) electrons. The molecule has 1 amide bonds. The fourth-order valence-electron chi connectivity index (χ4n) is 3.81. The van der Waals surface area contributed by atoms with Gasteiger partial charge in [-0.05, 0) is 63.1 Å². The van der Waals surface area contributed by atoms with E-state index in [1.807, 2.05) is 6.92 Å². The Morgan fingerprint density at radius 1 is 1.12 bits per heavy atom. The number of amides is 1. The van der Waals surface area contributed by atoms with Crippen molar-refractivity contribution in [3.8, 4) is 11.4 Å². The molecular formula is C23H25FN4O4S. The van der Waals surface area contributed by atoms with E-state index in [1.165, 1.54) is 24.3 Å². The van der Waals surface area contributed by atoms with E-state index in [0.717, 1.165) is 5.56 Å². The van der Waals surface area contributed by atoms with Gasteiger partial charge in [0.1, 0.15) is 5.82 Å². The number of sulfonamides is 1. The number of aromatic nitrogens is 2. The van der Waals surface area contributed by atoms with Crippen LogP contribution in [0.3, 0.4) is 0 Å². The predicted octanol–water partition coefficient (Wildman–Crippen LogP) is 3.26. The summed E-state index contributed by atoms with van der Waals surface area (Å²) < 4.78 is 46.2. The first-order valence-corrected chi connectivity index (χ1v) is 12.2. The van der Waals surface area contributed by atoms with E-state index in [1.54, 1.807) is 36.1 Å². The zero-order valence-electron chi connectivity index (χ0n) is 18.4. The van der Waals surface area contributed by atoms with Crippen molar-refractivity contribution in [1.29, 1.82) is 0 Å². The van der Waals surface area contributed by atoms with Crippen molar-refractivity contribution in [2.24, 2.45) is 0 Å². The first-order chi connectivity index (χ1) is 15.7. The van der Waals surface area contributed by atoms with Crippen LogP contribution in [0.5, 0.6) is 0 Å². The first kappa shape index (κ1) is 23.1. The van der Waals surface area contributed by atoms with Gasteiger partial charge in [-0.3, -0.25) is 4.79 Å². The quantitative estimate of drug-likeness (QED) is 0.590. The van der Waals surface area contributed by atoms with E-state index < -0.39 is 16.1 Å². The molecule has 1 saturated heterocycles. The van der Waals surface area contributed by atoms with E-state index in [2.05, 4.69) is 14.9 Å². The van der Waals surface area contributed by atoms with Crippen LogP contribution < -0.4 is 4.72 Å². The van der Waals surface area contributed by atoms with Gasteiger partial charge in [0.2, 0.25) is 27.6 Å². The maximum atomic E-state index is 13.1. The number of carbonyl (C=O) groups excluding carboxylic acids is 1. The smallest absolute Gasteiger partial charge is 0.241 e. The van der Waals surface area contributed by atoms with E-state index in [9.17, 15) is 17.6 Å². The molecule has 10 heteroatoms. The summed E-state index contributed by atoms with van der Waals surface area (Å²) >= 11 is 0. The van der Waals surface area contributed by atoms with Crippen molar-refractivity contribution in [3.63, 3.8) is 0 Å². The molecule has 0 saturated carbocycles. The van der Waals surface area contributed by atoms with Crippen LogP contribution >= 0.6 is 0 Å². The molecule has 1 atom stereocenters. The Hall–Kier alpha value is -3.11. The highest BCUT2D eigenvalue weighted by Crippen LogP contribution is 2.29. The number of likely N-dealkylation sites (tertiary alicyclic amines) is 1. The Balaban J connectivity index is 1.34. The van der Waals surface area contributed by atoms with Crippen LogP contribution in [0.1, 0.15) is 37.1 Å². The van der Waals surface area contributed by atoms with Crippen molar-refractivity contribution in [1.82, 2.24) is 19.8 Å². The van der Waals surface area contributed by atoms with Crippen molar-refractivity contribution in [2.45, 2.75) is 43.5 Å². The molecule has 1 N–H and O–H groups in total. The van der Waals surface area contributed by atoms with Crippen LogP contribution in [0.15, 0.2) is 57.9 Å². The number of carbonyl (C=O) groups is 1. The number of nitrogens with zero attached hydrogens (tertiary/aromatic N) is 3. The summed E-state index contributed by atoms with van der Waals surface area (Å²) in [5, 5.41) is 3.98. The second-order valence-electron chi connectivity index (χ2n) is 8.22. The summed E-state index contributed by atoms with van der Waals surface area (Å²) in [5.41, 5.74) is 1.61. The zero-order chi connectivity index (χ0) is 23.6. The second kappa shape index (κ2) is 9.40. The van der Waals surface area contributed by atoms with Crippen molar-refractivity contribution < 1.29 is 22.1 Å². The number of rotatable bonds is 6. The molecule has 0 bridgehead atoms. The molecule has 1 aliphatic rings. The SMILES string of the molecule is Cc1ccc(S(=O)(=O)NC(C)C(=O)N2CCC(c3nc(-c4ccc(F)cc4)no3)CC2)cc1. The van der Waals surface area contributed by atoms with Crippen LogP contribution in [-0.2, 0) is 14.8 Å². The molecule has 8 nitrogen and oxygen atoms in total. The van der Waals surface area contributed by atoms with Gasteiger partial charge in [0.25, 0.3) is 0 Å². The minimum Gasteiger partial charge on any atom is -0.341 e. The maximum absolute atomic E-state index is 13.1. The molecule has 1 aliphatic heterocycles. The van der Waals surface area contributed by atoms with Gasteiger partial charge in [-0.25, -0.2) is 12.8 Å². The van der Waals surface area contributed by atoms with Gasteiger partial charge < -0.3 is 9.42 Å². The standard InChI is InChI=1S/C23H25FN4O4S/c1-15-3-9-20(10-4-15)33(30,31)27-16(2)23(29)28-13-11-18(12-14-28)22-25-21(26-32-22)17-5-7-19(24)8-6-17/h3-10,16,18,27H,11-14H2,1-2H3. The monoisotopic (exact) mass is 472 g/mol. The van der Waals surface area contributed by atoms with Gasteiger partial charge in [0.15, 0.2) is 0 Å². The maximum Gasteiger partial charge on any atom is 0.241 e. The number of hydrogen-bond acceptors (Lipinski definition) is 6. The number of nitrogens with one attached hydrogen (secondary N) is 1. The van der Waals surface area contributed by atoms with Crippen LogP contribution in [0.2, 0.25) is 0 Å². The highest BCUT2D eigenvalue weighted by atomic mass is 32.2. The summed E-state index contributed by atoms with van der Waals surface area (Å²) in [4.78, 5) is 19.0. The topological polar surface area (TPSA) is 105 Å². The lowest BCUT2D eigenvalue weighted by atomic mass is 9.96. The molecule has 0 spiro atoms. The summed E-state index contributed by atoms with van der Waals surface area (Å²) in [6.45, 7) is 4.33. The number of benzene rings is 2. The Morgan fingerprint density at radius 2 is 1.76 bits per heavy atom. The Morgan fingerprint density at radius 3 is 2.39 bits per heavy atom. The fourth-order valence-corrected chi connectivity index (χ4v) is 5.00. The lowest BCUT2D eigenvalue weighted by Crippen LogP contribution is -2.49. The summed E-state index contributed by atoms with van der Waals surface area (Å²) in [6, 6.07) is 11.4. The van der Waals surface area contributed by atoms with E-state index in [0.29, 0.717) is 43.2 Å². The van der Waals surface area contributed by atoms with Gasteiger partial charge in [-0.15, -0.1) is 0 Å². The molecule has 3 aromatic rings. The molecule has 0 aliphatic carbocycles. The Kier molecular flexibility index (Phi) is 6.57. The van der Waals surface area contributed by atoms with Gasteiger partial charge in [-0.1, -0.05) is 22.9 Å². The Labute approximate surface area is 191 Å². The fraction of sp³-hybridized carbons (Fsp3) is 0.348. The highest BCUT2D eigenvalue weighted by Gasteiger charge is 2.31. The molecule has 33 heavy (non-hydrogen) atoms. The van der Waals surface area contributed by atoms with E-state index in [-0.39, 0.29) is 22.5 Å². The van der Waals surface area contributed by atoms with Crippen LogP contribution in [0.25, 0.3) is 11.4 Å². The highest BCUT2D eigenvalue weighted by molar-refractivity contribution is 7.89. The minimum absolute atomic E-state index is 0.00435. The lowest BCUT2D eigenvalue weighted by Gasteiger charge is -2.32. The zero-order valence-corrected chi connectivity index (χ0v) is 19.2. The normalized spacial score (nSPS) is 16.0. The molecule has 1 fully saturated rings. The van der Waals surface area contributed by atoms with Crippen LogP contribution in [0, 0.1) is 12.7 Å². The average Bonchev–Trinajstić information content (AvgIpc) is 3.29. The van der Waals surface area contributed by atoms with Gasteiger partial charge in [0.05, 0.1) is 10.9 Å². The van der Waals surface area contributed by atoms with Crippen molar-refractivity contribution >= 4 is 15.9 Å². The van der Waals surface area contributed by atoms with Gasteiger partial charge >= 0.3 is 0 Å². The van der Waals surface area contributed by atoms with Crippen molar-refractivity contribution in [3.05, 3.63) is 65.8 Å². The summed E-state index contributed by atoms with van der Waals surface area (Å²) in [6.07, 6.45) is 1.24. The number of halogens is 1. The molecule has 1 unspecified atom stereocenters. The first-order valence-electron chi connectivity index (χ1n) is 10.7. The van der Waals surface area contributed by atoms with E-state index in [4.69, 9.17) is 4.52 Å². The van der Waals surface area contributed by atoms with Crippen molar-refractivity contribution in [2.75, 3.05) is 13.1 Å². The predicted molar refractivity (Wildman–Crippen MR) is 119 cm³/mol. The van der Waals surface area contributed by atoms with E-state index >= 15 is 0 Å². The summed E-state index contributed by atoms with van der Waals surface area (Å²) in [7, 11) is -3.79. The molecule has 2 aromatic carbocycles. The van der Waals surface area contributed by atoms with Crippen LogP contribution in [0.4, 0.5) is 4.39 Å². The third kappa shape index (κ3) is 5.28. The minimum atomic E-state index is -3.79. The lowest BCUT2D eigenvalue weighted by molar-refractivity contribution is -0.133.